The number of aliphatic hydroxyl groups is 1. The number of ether oxygens (including phenoxy) is 1. The van der Waals surface area contributed by atoms with E-state index in [0.717, 1.165) is 44.3 Å². The van der Waals surface area contributed by atoms with Gasteiger partial charge < -0.3 is 19.6 Å². The van der Waals surface area contributed by atoms with E-state index in [-0.39, 0.29) is 18.1 Å². The molecule has 0 bridgehead atoms. The van der Waals surface area contributed by atoms with Gasteiger partial charge in [0.15, 0.2) is 0 Å². The number of piperidine rings is 1. The molecule has 0 aromatic heterocycles. The summed E-state index contributed by atoms with van der Waals surface area (Å²) in [5, 5.41) is 11.2. The highest BCUT2D eigenvalue weighted by atomic mass is 16.5. The Balaban J connectivity index is 1.94. The second kappa shape index (κ2) is 7.87. The molecule has 1 N–H and O–H groups in total. The van der Waals surface area contributed by atoms with Crippen LogP contribution in [-0.2, 0) is 4.74 Å². The summed E-state index contributed by atoms with van der Waals surface area (Å²) in [6.45, 7) is 6.79. The minimum atomic E-state index is -0.662. The van der Waals surface area contributed by atoms with Crippen molar-refractivity contribution in [1.82, 2.24) is 4.90 Å². The van der Waals surface area contributed by atoms with Crippen molar-refractivity contribution >= 4 is 11.8 Å². The predicted molar refractivity (Wildman–Crippen MR) is 103 cm³/mol. The number of hydrogen-bond donors (Lipinski definition) is 1. The van der Waals surface area contributed by atoms with Crippen LogP contribution in [0, 0.1) is 5.92 Å². The van der Waals surface area contributed by atoms with Crippen molar-refractivity contribution < 1.29 is 14.6 Å². The van der Waals surface area contributed by atoms with Crippen LogP contribution in [0.3, 0.4) is 0 Å². The van der Waals surface area contributed by atoms with E-state index in [2.05, 4.69) is 43.0 Å². The molecule has 5 heteroatoms. The third-order valence-electron chi connectivity index (χ3n) is 6.34. The quantitative estimate of drug-likeness (QED) is 0.883. The number of benzene rings is 1. The molecule has 1 aromatic carbocycles. The Labute approximate surface area is 156 Å². The lowest BCUT2D eigenvalue weighted by molar-refractivity contribution is -0.117. The van der Waals surface area contributed by atoms with Gasteiger partial charge in [0.1, 0.15) is 0 Å². The summed E-state index contributed by atoms with van der Waals surface area (Å²) in [6.07, 6.45) is 4.30. The van der Waals surface area contributed by atoms with Crippen LogP contribution in [0.1, 0.15) is 57.6 Å². The molecule has 2 aliphatic rings. The van der Waals surface area contributed by atoms with Crippen LogP contribution in [0.15, 0.2) is 24.3 Å². The van der Waals surface area contributed by atoms with E-state index in [1.165, 1.54) is 12.8 Å². The number of fused-ring (bicyclic) bond motifs is 1. The Morgan fingerprint density at radius 2 is 1.92 bits per heavy atom. The van der Waals surface area contributed by atoms with E-state index in [0.29, 0.717) is 13.0 Å². The first-order chi connectivity index (χ1) is 12.5. The average Bonchev–Trinajstić information content (AvgIpc) is 2.67. The lowest BCUT2D eigenvalue weighted by Crippen LogP contribution is -2.56. The molecule has 0 radical (unpaired) electrons. The fourth-order valence-corrected chi connectivity index (χ4v) is 4.89. The fraction of sp³-hybridized carbons (Fsp3) is 0.667. The number of likely N-dealkylation sites (tertiary alicyclic amines) is 1. The van der Waals surface area contributed by atoms with Crippen LogP contribution in [0.2, 0.25) is 0 Å². The summed E-state index contributed by atoms with van der Waals surface area (Å²) in [6, 6.07) is 8.39. The van der Waals surface area contributed by atoms with Crippen molar-refractivity contribution in [3.05, 3.63) is 29.8 Å². The molecule has 1 aliphatic carbocycles. The van der Waals surface area contributed by atoms with E-state index in [4.69, 9.17) is 4.74 Å². The Hall–Kier alpha value is -1.75. The summed E-state index contributed by atoms with van der Waals surface area (Å²) >= 11 is 0. The number of carbonyl (C=O) groups is 1. The van der Waals surface area contributed by atoms with E-state index in [1.807, 2.05) is 4.90 Å². The fourth-order valence-electron chi connectivity index (χ4n) is 4.89. The summed E-state index contributed by atoms with van der Waals surface area (Å²) < 4.78 is 5.05. The van der Waals surface area contributed by atoms with E-state index in [9.17, 15) is 9.90 Å². The second-order valence-corrected chi connectivity index (χ2v) is 7.58. The minimum Gasteiger partial charge on any atom is -0.453 e. The standard InChI is InChI=1S/C21H32N2O3/c1-4-22(5-2)17-11-9-16(10-12-17)19-18-8-6-7-13-21(18,25)14-15-23(19)20(24)26-3/h9-12,18-19,25H,4-8,13-15H2,1-3H3/t18?,19-,21?/m0/s1. The molecule has 1 saturated heterocycles. The second-order valence-electron chi connectivity index (χ2n) is 7.58. The topological polar surface area (TPSA) is 53.0 Å². The monoisotopic (exact) mass is 360 g/mol. The summed E-state index contributed by atoms with van der Waals surface area (Å²) in [7, 11) is 1.44. The summed E-state index contributed by atoms with van der Waals surface area (Å²) in [5.41, 5.74) is 1.62. The van der Waals surface area contributed by atoms with Crippen LogP contribution >= 0.6 is 0 Å². The zero-order chi connectivity index (χ0) is 18.7. The minimum absolute atomic E-state index is 0.0726. The van der Waals surface area contributed by atoms with Crippen LogP contribution in [0.5, 0.6) is 0 Å². The first-order valence-electron chi connectivity index (χ1n) is 9.96. The predicted octanol–water partition coefficient (Wildman–Crippen LogP) is 3.97. The van der Waals surface area contributed by atoms with Crippen molar-refractivity contribution in [3.8, 4) is 0 Å². The van der Waals surface area contributed by atoms with Crippen LogP contribution in [-0.4, -0.2) is 48.4 Å². The molecule has 5 nitrogen and oxygen atoms in total. The maximum Gasteiger partial charge on any atom is 0.410 e. The van der Waals surface area contributed by atoms with Crippen LogP contribution < -0.4 is 4.90 Å². The molecule has 2 fully saturated rings. The Morgan fingerprint density at radius 3 is 2.54 bits per heavy atom. The maximum absolute atomic E-state index is 12.4. The van der Waals surface area contributed by atoms with Gasteiger partial charge in [-0.3, -0.25) is 0 Å². The zero-order valence-electron chi connectivity index (χ0n) is 16.3. The van der Waals surface area contributed by atoms with Crippen molar-refractivity contribution in [1.29, 1.82) is 0 Å². The molecule has 1 saturated carbocycles. The smallest absolute Gasteiger partial charge is 0.410 e. The van der Waals surface area contributed by atoms with Gasteiger partial charge in [0.25, 0.3) is 0 Å². The lowest BCUT2D eigenvalue weighted by atomic mass is 9.66. The van der Waals surface area contributed by atoms with Crippen molar-refractivity contribution in [3.63, 3.8) is 0 Å². The van der Waals surface area contributed by atoms with Gasteiger partial charge in [0, 0.05) is 31.2 Å². The Bertz CT molecular complexity index is 614. The number of rotatable bonds is 4. The number of carbonyl (C=O) groups excluding carboxylic acids is 1. The molecule has 1 aliphatic heterocycles. The van der Waals surface area contributed by atoms with Gasteiger partial charge in [-0.2, -0.15) is 0 Å². The van der Waals surface area contributed by atoms with E-state index in [1.54, 1.807) is 0 Å². The largest absolute Gasteiger partial charge is 0.453 e. The van der Waals surface area contributed by atoms with Gasteiger partial charge in [0.05, 0.1) is 18.8 Å². The molecule has 1 amide bonds. The number of hydrogen-bond acceptors (Lipinski definition) is 4. The van der Waals surface area contributed by atoms with Gasteiger partial charge in [-0.25, -0.2) is 4.79 Å². The third kappa shape index (κ3) is 3.41. The van der Waals surface area contributed by atoms with Crippen LogP contribution in [0.25, 0.3) is 0 Å². The summed E-state index contributed by atoms with van der Waals surface area (Å²) in [5.74, 6) is 0.0726. The molecular formula is C21H32N2O3. The highest BCUT2D eigenvalue weighted by Crippen LogP contribution is 2.49. The zero-order valence-corrected chi connectivity index (χ0v) is 16.3. The molecule has 144 valence electrons. The SMILES string of the molecule is CCN(CC)c1ccc([C@H]2C3CCCCC3(O)CCN2C(=O)OC)cc1. The normalized spacial score (nSPS) is 28.4. The van der Waals surface area contributed by atoms with Crippen molar-refractivity contribution in [2.45, 2.75) is 57.6 Å². The van der Waals surface area contributed by atoms with Gasteiger partial charge in [-0.1, -0.05) is 25.0 Å². The first kappa shape index (κ1) is 19.0. The molecule has 1 aromatic rings. The van der Waals surface area contributed by atoms with E-state index >= 15 is 0 Å². The number of anilines is 1. The highest BCUT2D eigenvalue weighted by molar-refractivity contribution is 5.68. The molecule has 2 unspecified atom stereocenters. The molecule has 0 spiro atoms. The van der Waals surface area contributed by atoms with E-state index < -0.39 is 5.60 Å². The van der Waals surface area contributed by atoms with Gasteiger partial charge in [0.2, 0.25) is 0 Å². The summed E-state index contributed by atoms with van der Waals surface area (Å²) in [4.78, 5) is 16.5. The van der Waals surface area contributed by atoms with Crippen LogP contribution in [0.4, 0.5) is 10.5 Å². The Morgan fingerprint density at radius 1 is 1.23 bits per heavy atom. The number of nitrogens with zero attached hydrogens (tertiary/aromatic N) is 2. The molecular weight excluding hydrogens is 328 g/mol. The number of methoxy groups -OCH3 is 1. The number of amides is 1. The highest BCUT2D eigenvalue weighted by Gasteiger charge is 2.50. The van der Waals surface area contributed by atoms with Gasteiger partial charge in [-0.15, -0.1) is 0 Å². The maximum atomic E-state index is 12.4. The first-order valence-corrected chi connectivity index (χ1v) is 9.96. The third-order valence-corrected chi connectivity index (χ3v) is 6.34. The molecule has 1 heterocycles. The molecule has 3 atom stereocenters. The Kier molecular flexibility index (Phi) is 5.76. The molecule has 26 heavy (non-hydrogen) atoms. The molecule has 3 rings (SSSR count). The van der Waals surface area contributed by atoms with Gasteiger partial charge in [-0.05, 0) is 50.8 Å². The average molecular weight is 360 g/mol. The van der Waals surface area contributed by atoms with Gasteiger partial charge >= 0.3 is 6.09 Å². The van der Waals surface area contributed by atoms with Crippen molar-refractivity contribution in [2.75, 3.05) is 31.6 Å². The lowest BCUT2D eigenvalue weighted by Gasteiger charge is -2.52. The van der Waals surface area contributed by atoms with Crippen molar-refractivity contribution in [2.24, 2.45) is 5.92 Å².